The molecule has 0 atom stereocenters. The number of hydrogen-bond acceptors (Lipinski definition) is 3. The van der Waals surface area contributed by atoms with Crippen LogP contribution in [0, 0.1) is 0 Å². The Kier molecular flexibility index (Phi) is 7.93. The molecule has 1 aromatic carbocycles. The van der Waals surface area contributed by atoms with E-state index < -0.39 is 0 Å². The minimum Gasteiger partial charge on any atom is -0.494 e. The molecule has 0 saturated heterocycles. The lowest BCUT2D eigenvalue weighted by molar-refractivity contribution is -0.133. The monoisotopic (exact) mass is 423 g/mol. The van der Waals surface area contributed by atoms with Crippen molar-refractivity contribution < 1.29 is 14.3 Å². The molecular formula is C25H33N3O3. The molecule has 0 aliphatic heterocycles. The molecule has 1 aliphatic carbocycles. The summed E-state index contributed by atoms with van der Waals surface area (Å²) >= 11 is 0. The van der Waals surface area contributed by atoms with Crippen LogP contribution in [-0.4, -0.2) is 51.9 Å². The molecule has 6 nitrogen and oxygen atoms in total. The normalized spacial score (nSPS) is 13.0. The SMILES string of the molecule is C=CCN(CC(=O)N(Cc1cccn1C)C1CC1)C(=O)c1ccc(OCCCC)cc1. The molecule has 1 fully saturated rings. The van der Waals surface area contributed by atoms with E-state index in [9.17, 15) is 9.59 Å². The number of ether oxygens (including phenoxy) is 1. The fraction of sp³-hybridized carbons (Fsp3) is 0.440. The second-order valence-corrected chi connectivity index (χ2v) is 8.06. The summed E-state index contributed by atoms with van der Waals surface area (Å²) in [6.07, 6.45) is 7.75. The molecule has 2 amide bonds. The second kappa shape index (κ2) is 10.8. The van der Waals surface area contributed by atoms with Crippen LogP contribution in [0.25, 0.3) is 0 Å². The molecule has 6 heteroatoms. The van der Waals surface area contributed by atoms with Gasteiger partial charge in [-0.25, -0.2) is 0 Å². The highest BCUT2D eigenvalue weighted by Crippen LogP contribution is 2.28. The van der Waals surface area contributed by atoms with Gasteiger partial charge in [-0.1, -0.05) is 19.4 Å². The van der Waals surface area contributed by atoms with E-state index in [0.717, 1.165) is 37.1 Å². The summed E-state index contributed by atoms with van der Waals surface area (Å²) in [5.74, 6) is 0.542. The first-order chi connectivity index (χ1) is 15.0. The number of carbonyl (C=O) groups excluding carboxylic acids is 2. The van der Waals surface area contributed by atoms with Gasteiger partial charge in [-0.2, -0.15) is 0 Å². The van der Waals surface area contributed by atoms with E-state index in [0.29, 0.717) is 25.3 Å². The van der Waals surface area contributed by atoms with Crippen LogP contribution >= 0.6 is 0 Å². The van der Waals surface area contributed by atoms with Gasteiger partial charge in [0.25, 0.3) is 5.91 Å². The summed E-state index contributed by atoms with van der Waals surface area (Å²) in [6.45, 7) is 7.47. The number of nitrogens with zero attached hydrogens (tertiary/aromatic N) is 3. The predicted octanol–water partition coefficient (Wildman–Crippen LogP) is 4.02. The summed E-state index contributed by atoms with van der Waals surface area (Å²) in [5.41, 5.74) is 1.62. The summed E-state index contributed by atoms with van der Waals surface area (Å²) in [6, 6.07) is 11.4. The van der Waals surface area contributed by atoms with Gasteiger partial charge in [-0.15, -0.1) is 6.58 Å². The van der Waals surface area contributed by atoms with Crippen molar-refractivity contribution in [2.24, 2.45) is 7.05 Å². The Labute approximate surface area is 185 Å². The minimum absolute atomic E-state index is 0.0292. The van der Waals surface area contributed by atoms with Crippen LogP contribution in [0.4, 0.5) is 0 Å². The number of amides is 2. The smallest absolute Gasteiger partial charge is 0.254 e. The summed E-state index contributed by atoms with van der Waals surface area (Å²) in [7, 11) is 1.98. The molecule has 0 N–H and O–H groups in total. The number of unbranched alkanes of at least 4 members (excludes halogenated alkanes) is 1. The van der Waals surface area contributed by atoms with Crippen LogP contribution in [0.2, 0.25) is 0 Å². The standard InChI is InChI=1S/C25H33N3O3/c1-4-6-17-31-23-13-9-20(10-14-23)25(30)27(15-5-2)19-24(29)28(21-11-12-21)18-22-8-7-16-26(22)3/h5,7-10,13-14,16,21H,2,4,6,11-12,15,17-19H2,1,3H3. The quantitative estimate of drug-likeness (QED) is 0.383. The maximum absolute atomic E-state index is 13.2. The molecule has 0 bridgehead atoms. The lowest BCUT2D eigenvalue weighted by atomic mass is 10.2. The van der Waals surface area contributed by atoms with Crippen LogP contribution in [-0.2, 0) is 18.4 Å². The average molecular weight is 424 g/mol. The van der Waals surface area contributed by atoms with E-state index >= 15 is 0 Å². The van der Waals surface area contributed by atoms with Gasteiger partial charge in [0.1, 0.15) is 12.3 Å². The third-order valence-electron chi connectivity index (χ3n) is 5.52. The lowest BCUT2D eigenvalue weighted by Crippen LogP contribution is -2.43. The van der Waals surface area contributed by atoms with Crippen molar-refractivity contribution in [2.45, 2.75) is 45.2 Å². The molecular weight excluding hydrogens is 390 g/mol. The number of carbonyl (C=O) groups is 2. The number of rotatable bonds is 12. The Bertz CT molecular complexity index is 884. The molecule has 0 unspecified atom stereocenters. The average Bonchev–Trinajstić information content (AvgIpc) is 3.53. The number of hydrogen-bond donors (Lipinski definition) is 0. The fourth-order valence-electron chi connectivity index (χ4n) is 3.48. The largest absolute Gasteiger partial charge is 0.494 e. The number of aromatic nitrogens is 1. The molecule has 3 rings (SSSR count). The van der Waals surface area contributed by atoms with Crippen molar-refractivity contribution >= 4 is 11.8 Å². The summed E-state index contributed by atoms with van der Waals surface area (Å²) < 4.78 is 7.70. The molecule has 0 spiro atoms. The molecule has 0 radical (unpaired) electrons. The molecule has 31 heavy (non-hydrogen) atoms. The Morgan fingerprint density at radius 1 is 1.23 bits per heavy atom. The zero-order valence-corrected chi connectivity index (χ0v) is 18.6. The third-order valence-corrected chi connectivity index (χ3v) is 5.52. The predicted molar refractivity (Wildman–Crippen MR) is 122 cm³/mol. The molecule has 1 heterocycles. The van der Waals surface area contributed by atoms with E-state index in [1.54, 1.807) is 23.1 Å². The first-order valence-electron chi connectivity index (χ1n) is 11.1. The van der Waals surface area contributed by atoms with Crippen molar-refractivity contribution in [3.05, 3.63) is 66.5 Å². The first kappa shape index (κ1) is 22.7. The van der Waals surface area contributed by atoms with E-state index in [4.69, 9.17) is 4.74 Å². The van der Waals surface area contributed by atoms with Gasteiger partial charge < -0.3 is 19.1 Å². The molecule has 2 aromatic rings. The molecule has 1 saturated carbocycles. The lowest BCUT2D eigenvalue weighted by Gasteiger charge is -2.27. The maximum atomic E-state index is 13.2. The van der Waals surface area contributed by atoms with Crippen molar-refractivity contribution in [3.8, 4) is 5.75 Å². The Morgan fingerprint density at radius 3 is 2.55 bits per heavy atom. The van der Waals surface area contributed by atoms with E-state index in [1.165, 1.54) is 0 Å². The number of aryl methyl sites for hydroxylation is 1. The van der Waals surface area contributed by atoms with Crippen LogP contribution in [0.15, 0.2) is 55.3 Å². The Balaban J connectivity index is 1.66. The van der Waals surface area contributed by atoms with Gasteiger partial charge in [0.15, 0.2) is 0 Å². The zero-order chi connectivity index (χ0) is 22.2. The highest BCUT2D eigenvalue weighted by atomic mass is 16.5. The van der Waals surface area contributed by atoms with Crippen LogP contribution < -0.4 is 4.74 Å². The summed E-state index contributed by atoms with van der Waals surface area (Å²) in [5, 5.41) is 0. The fourth-order valence-corrected chi connectivity index (χ4v) is 3.48. The minimum atomic E-state index is -0.178. The highest BCUT2D eigenvalue weighted by Gasteiger charge is 2.34. The van der Waals surface area contributed by atoms with Crippen molar-refractivity contribution in [2.75, 3.05) is 19.7 Å². The topological polar surface area (TPSA) is 54.8 Å². The Hall–Kier alpha value is -3.02. The van der Waals surface area contributed by atoms with Crippen LogP contribution in [0.5, 0.6) is 5.75 Å². The van der Waals surface area contributed by atoms with Gasteiger partial charge in [0, 0.05) is 37.1 Å². The zero-order valence-electron chi connectivity index (χ0n) is 18.6. The van der Waals surface area contributed by atoms with Crippen LogP contribution in [0.1, 0.15) is 48.7 Å². The number of benzene rings is 1. The van der Waals surface area contributed by atoms with Crippen LogP contribution in [0.3, 0.4) is 0 Å². The molecule has 166 valence electrons. The van der Waals surface area contributed by atoms with E-state index in [1.807, 2.05) is 47.0 Å². The highest BCUT2D eigenvalue weighted by molar-refractivity contribution is 5.96. The van der Waals surface area contributed by atoms with Gasteiger partial charge in [0.05, 0.1) is 13.2 Å². The van der Waals surface area contributed by atoms with Gasteiger partial charge in [-0.05, 0) is 55.7 Å². The third kappa shape index (κ3) is 6.23. The second-order valence-electron chi connectivity index (χ2n) is 8.06. The Morgan fingerprint density at radius 2 is 1.97 bits per heavy atom. The molecule has 1 aliphatic rings. The van der Waals surface area contributed by atoms with E-state index in [2.05, 4.69) is 13.5 Å². The van der Waals surface area contributed by atoms with Crippen molar-refractivity contribution in [1.82, 2.24) is 14.4 Å². The van der Waals surface area contributed by atoms with Gasteiger partial charge in [0.2, 0.25) is 5.91 Å². The van der Waals surface area contributed by atoms with E-state index in [-0.39, 0.29) is 24.4 Å². The van der Waals surface area contributed by atoms with Crippen molar-refractivity contribution in [1.29, 1.82) is 0 Å². The summed E-state index contributed by atoms with van der Waals surface area (Å²) in [4.78, 5) is 29.7. The van der Waals surface area contributed by atoms with Crippen molar-refractivity contribution in [3.63, 3.8) is 0 Å². The first-order valence-corrected chi connectivity index (χ1v) is 11.1. The maximum Gasteiger partial charge on any atom is 0.254 e. The van der Waals surface area contributed by atoms with Gasteiger partial charge in [-0.3, -0.25) is 9.59 Å². The van der Waals surface area contributed by atoms with Gasteiger partial charge >= 0.3 is 0 Å². The molecule has 1 aromatic heterocycles.